The number of nitrogens with zero attached hydrogens (tertiary/aromatic N) is 1. The Bertz CT molecular complexity index is 1670. The lowest BCUT2D eigenvalue weighted by molar-refractivity contribution is -0.136. The van der Waals surface area contributed by atoms with Crippen LogP contribution in [-0.4, -0.2) is 41.9 Å². The van der Waals surface area contributed by atoms with Crippen molar-refractivity contribution in [3.8, 4) is 11.5 Å². The molecule has 0 saturated heterocycles. The topological polar surface area (TPSA) is 150 Å². The molecule has 2 amide bonds. The number of nitrogens with one attached hydrogen (secondary N) is 1. The van der Waals surface area contributed by atoms with E-state index in [1.165, 1.54) is 36.9 Å². The molecule has 0 fully saturated rings. The summed E-state index contributed by atoms with van der Waals surface area (Å²) in [7, 11) is -4.41. The van der Waals surface area contributed by atoms with E-state index in [0.29, 0.717) is 11.1 Å². The number of para-hydroxylation sites is 1. The summed E-state index contributed by atoms with van der Waals surface area (Å²) < 4.78 is 37.3. The zero-order chi connectivity index (χ0) is 28.3. The fourth-order valence-corrected chi connectivity index (χ4v) is 4.54. The highest BCUT2D eigenvalue weighted by Crippen LogP contribution is 2.37. The van der Waals surface area contributed by atoms with Gasteiger partial charge in [-0.05, 0) is 49.4 Å². The van der Waals surface area contributed by atoms with E-state index in [1.54, 1.807) is 54.6 Å². The molecule has 1 unspecified atom stereocenters. The summed E-state index contributed by atoms with van der Waals surface area (Å²) in [4.78, 5) is 39.6. The van der Waals surface area contributed by atoms with Crippen LogP contribution in [0.15, 0.2) is 89.8 Å². The first kappa shape index (κ1) is 27.3. The zero-order valence-corrected chi connectivity index (χ0v) is 21.7. The molecule has 4 aromatic rings. The Morgan fingerprint density at radius 1 is 0.897 bits per heavy atom. The lowest BCUT2D eigenvalue weighted by atomic mass is 10.0. The molecule has 0 saturated carbocycles. The summed E-state index contributed by atoms with van der Waals surface area (Å²) in [6.07, 6.45) is 0. The van der Waals surface area contributed by atoms with Gasteiger partial charge in [-0.2, -0.15) is 8.42 Å². The van der Waals surface area contributed by atoms with Gasteiger partial charge >= 0.3 is 5.97 Å². The van der Waals surface area contributed by atoms with Crippen LogP contribution in [0, 0.1) is 0 Å². The largest absolute Gasteiger partial charge is 0.506 e. The Labute approximate surface area is 224 Å². The van der Waals surface area contributed by atoms with Crippen molar-refractivity contribution in [3.63, 3.8) is 0 Å². The van der Waals surface area contributed by atoms with E-state index in [9.17, 15) is 27.9 Å². The number of hydrogen-bond donors (Lipinski definition) is 3. The van der Waals surface area contributed by atoms with Gasteiger partial charge in [0.05, 0.1) is 10.5 Å². The lowest BCUT2D eigenvalue weighted by Crippen LogP contribution is -2.44. The summed E-state index contributed by atoms with van der Waals surface area (Å²) in [5, 5.41) is 14.0. The highest BCUT2D eigenvalue weighted by molar-refractivity contribution is 7.85. The molecule has 4 aromatic carbocycles. The molecule has 200 valence electrons. The molecule has 0 aliphatic rings. The molecule has 0 heterocycles. The SMILES string of the molecule is CC(=O)N(c1ccccc1)C(C)C(=O)Oc1cc(C(=O)Nc2ccc(S(=O)(=O)O)cc2)c(O)c2ccccc12. The summed E-state index contributed by atoms with van der Waals surface area (Å²) in [5.74, 6) is -2.28. The van der Waals surface area contributed by atoms with Crippen LogP contribution in [0.4, 0.5) is 11.4 Å². The highest BCUT2D eigenvalue weighted by Gasteiger charge is 2.28. The fraction of sp³-hybridized carbons (Fsp3) is 0.107. The molecule has 0 spiro atoms. The van der Waals surface area contributed by atoms with Crippen LogP contribution in [0.2, 0.25) is 0 Å². The summed E-state index contributed by atoms with van der Waals surface area (Å²) in [6, 6.07) is 20.0. The van der Waals surface area contributed by atoms with Crippen LogP contribution < -0.4 is 15.0 Å². The molecular formula is C28H24N2O8S. The molecular weight excluding hydrogens is 524 g/mol. The average Bonchev–Trinajstić information content (AvgIpc) is 2.90. The number of phenols is 1. The molecule has 10 nitrogen and oxygen atoms in total. The maximum Gasteiger partial charge on any atom is 0.334 e. The van der Waals surface area contributed by atoms with Crippen molar-refractivity contribution < 1.29 is 37.2 Å². The van der Waals surface area contributed by atoms with E-state index < -0.39 is 28.0 Å². The number of fused-ring (bicyclic) bond motifs is 1. The first-order valence-corrected chi connectivity index (χ1v) is 13.1. The number of rotatable bonds is 7. The van der Waals surface area contributed by atoms with E-state index in [-0.39, 0.29) is 38.9 Å². The van der Waals surface area contributed by atoms with Gasteiger partial charge in [-0.15, -0.1) is 0 Å². The average molecular weight is 549 g/mol. The Morgan fingerprint density at radius 3 is 2.08 bits per heavy atom. The number of carbonyl (C=O) groups excluding carboxylic acids is 3. The second-order valence-electron chi connectivity index (χ2n) is 8.59. The van der Waals surface area contributed by atoms with Crippen LogP contribution in [0.25, 0.3) is 10.8 Å². The van der Waals surface area contributed by atoms with Gasteiger partial charge in [0.1, 0.15) is 17.5 Å². The minimum Gasteiger partial charge on any atom is -0.506 e. The van der Waals surface area contributed by atoms with Crippen LogP contribution in [0.1, 0.15) is 24.2 Å². The van der Waals surface area contributed by atoms with Crippen LogP contribution >= 0.6 is 0 Å². The predicted octanol–water partition coefficient (Wildman–Crippen LogP) is 4.39. The molecule has 0 aliphatic heterocycles. The lowest BCUT2D eigenvalue weighted by Gasteiger charge is -2.27. The fourth-order valence-electron chi connectivity index (χ4n) is 4.06. The Kier molecular flexibility index (Phi) is 7.65. The van der Waals surface area contributed by atoms with E-state index in [1.807, 2.05) is 0 Å². The van der Waals surface area contributed by atoms with Crippen LogP contribution in [0.3, 0.4) is 0 Å². The van der Waals surface area contributed by atoms with Gasteiger partial charge in [0.25, 0.3) is 16.0 Å². The van der Waals surface area contributed by atoms with E-state index >= 15 is 0 Å². The molecule has 0 aromatic heterocycles. The normalized spacial score (nSPS) is 12.0. The zero-order valence-electron chi connectivity index (χ0n) is 20.9. The van der Waals surface area contributed by atoms with Crippen LogP contribution in [0.5, 0.6) is 11.5 Å². The maximum atomic E-state index is 13.2. The van der Waals surface area contributed by atoms with Gasteiger partial charge in [0.2, 0.25) is 5.91 Å². The van der Waals surface area contributed by atoms with Crippen molar-refractivity contribution in [2.75, 3.05) is 10.2 Å². The van der Waals surface area contributed by atoms with E-state index in [0.717, 1.165) is 12.1 Å². The first-order valence-electron chi connectivity index (χ1n) is 11.7. The van der Waals surface area contributed by atoms with Crippen molar-refractivity contribution in [1.82, 2.24) is 0 Å². The van der Waals surface area contributed by atoms with Gasteiger partial charge in [-0.3, -0.25) is 19.0 Å². The van der Waals surface area contributed by atoms with Crippen molar-refractivity contribution >= 4 is 50.0 Å². The molecule has 0 aliphatic carbocycles. The van der Waals surface area contributed by atoms with Gasteiger partial charge in [-0.25, -0.2) is 4.79 Å². The number of hydrogen-bond acceptors (Lipinski definition) is 7. The van der Waals surface area contributed by atoms with E-state index in [4.69, 9.17) is 9.29 Å². The molecule has 0 bridgehead atoms. The third-order valence-electron chi connectivity index (χ3n) is 5.95. The maximum absolute atomic E-state index is 13.2. The van der Waals surface area contributed by atoms with Crippen LogP contribution in [-0.2, 0) is 19.7 Å². The number of aromatic hydroxyl groups is 1. The molecule has 0 radical (unpaired) electrons. The third-order valence-corrected chi connectivity index (χ3v) is 6.81. The Morgan fingerprint density at radius 2 is 1.49 bits per heavy atom. The molecule has 3 N–H and O–H groups in total. The minimum absolute atomic E-state index is 0.0105. The number of amides is 2. The second-order valence-corrected chi connectivity index (χ2v) is 10.0. The number of carbonyl (C=O) groups is 3. The van der Waals surface area contributed by atoms with Crippen molar-refractivity contribution in [1.29, 1.82) is 0 Å². The number of phenolic OH excluding ortho intramolecular Hbond substituents is 1. The Hall–Kier alpha value is -4.74. The van der Waals surface area contributed by atoms with Gasteiger partial charge in [0, 0.05) is 29.1 Å². The predicted molar refractivity (Wildman–Crippen MR) is 145 cm³/mol. The standard InChI is InChI=1S/C28H24N2O8S/c1-17(30(18(2)31)20-8-4-3-5-9-20)28(34)38-25-16-24(26(32)23-11-7-6-10-22(23)25)27(33)29-19-12-14-21(15-13-19)39(35,36)37/h3-17,32H,1-2H3,(H,29,33)(H,35,36,37). The summed E-state index contributed by atoms with van der Waals surface area (Å²) in [6.45, 7) is 2.85. The van der Waals surface area contributed by atoms with Crippen molar-refractivity contribution in [2.45, 2.75) is 24.8 Å². The van der Waals surface area contributed by atoms with Crippen molar-refractivity contribution in [3.05, 3.63) is 90.5 Å². The van der Waals surface area contributed by atoms with Crippen molar-refractivity contribution in [2.24, 2.45) is 0 Å². The van der Waals surface area contributed by atoms with Gasteiger partial charge in [0.15, 0.2) is 0 Å². The van der Waals surface area contributed by atoms with Gasteiger partial charge < -0.3 is 15.2 Å². The first-order chi connectivity index (χ1) is 18.5. The minimum atomic E-state index is -4.41. The number of ether oxygens (including phenoxy) is 1. The summed E-state index contributed by atoms with van der Waals surface area (Å²) in [5.41, 5.74) is 0.478. The molecule has 1 atom stereocenters. The smallest absolute Gasteiger partial charge is 0.334 e. The highest BCUT2D eigenvalue weighted by atomic mass is 32.2. The summed E-state index contributed by atoms with van der Waals surface area (Å²) >= 11 is 0. The molecule has 11 heteroatoms. The number of esters is 1. The quantitative estimate of drug-likeness (QED) is 0.175. The monoisotopic (exact) mass is 548 g/mol. The molecule has 39 heavy (non-hydrogen) atoms. The molecule has 4 rings (SSSR count). The third kappa shape index (κ3) is 5.89. The number of anilines is 2. The second kappa shape index (κ2) is 10.9. The Balaban J connectivity index is 1.67. The van der Waals surface area contributed by atoms with Gasteiger partial charge in [-0.1, -0.05) is 42.5 Å². The number of benzene rings is 4. The van der Waals surface area contributed by atoms with E-state index in [2.05, 4.69) is 5.32 Å².